The molecule has 126 valence electrons. The highest BCUT2D eigenvalue weighted by Crippen LogP contribution is 2.20. The van der Waals surface area contributed by atoms with Crippen molar-refractivity contribution in [3.63, 3.8) is 0 Å². The van der Waals surface area contributed by atoms with Gasteiger partial charge in [0.05, 0.1) is 5.92 Å². The maximum atomic E-state index is 12.4. The van der Waals surface area contributed by atoms with Crippen molar-refractivity contribution in [2.75, 3.05) is 26.2 Å². The van der Waals surface area contributed by atoms with E-state index in [1.54, 1.807) is 4.90 Å². The Kier molecular flexibility index (Phi) is 5.67. The number of nitrogens with zero attached hydrogens (tertiary/aromatic N) is 1. The van der Waals surface area contributed by atoms with Crippen molar-refractivity contribution < 1.29 is 14.3 Å². The van der Waals surface area contributed by atoms with Crippen molar-refractivity contribution in [2.24, 2.45) is 5.92 Å². The maximum Gasteiger partial charge on any atom is 0.410 e. The Morgan fingerprint density at radius 2 is 2.00 bits per heavy atom. The molecular weight excluding hydrogens is 282 g/mol. The van der Waals surface area contributed by atoms with Gasteiger partial charge in [0.2, 0.25) is 5.91 Å². The molecule has 0 spiro atoms. The highest BCUT2D eigenvalue weighted by Gasteiger charge is 2.31. The second kappa shape index (κ2) is 7.31. The molecule has 0 saturated carbocycles. The van der Waals surface area contributed by atoms with Crippen LogP contribution in [0.25, 0.3) is 0 Å². The molecule has 0 aromatic heterocycles. The average molecular weight is 311 g/mol. The Morgan fingerprint density at radius 1 is 1.23 bits per heavy atom. The monoisotopic (exact) mass is 311 g/mol. The summed E-state index contributed by atoms with van der Waals surface area (Å²) >= 11 is 0. The summed E-state index contributed by atoms with van der Waals surface area (Å²) in [6.45, 7) is 8.57. The summed E-state index contributed by atoms with van der Waals surface area (Å²) in [5.41, 5.74) is -0.500. The molecule has 0 aromatic rings. The van der Waals surface area contributed by atoms with Gasteiger partial charge in [0, 0.05) is 25.7 Å². The number of rotatable bonds is 2. The van der Waals surface area contributed by atoms with Crippen molar-refractivity contribution in [2.45, 2.75) is 58.1 Å². The number of piperidine rings is 2. The van der Waals surface area contributed by atoms with Crippen LogP contribution >= 0.6 is 0 Å². The smallest absolute Gasteiger partial charge is 0.410 e. The Hall–Kier alpha value is -1.30. The summed E-state index contributed by atoms with van der Waals surface area (Å²) in [4.78, 5) is 26.2. The molecule has 2 aliphatic heterocycles. The first-order valence-electron chi connectivity index (χ1n) is 8.34. The van der Waals surface area contributed by atoms with Crippen molar-refractivity contribution in [1.29, 1.82) is 0 Å². The molecule has 22 heavy (non-hydrogen) atoms. The second-order valence-corrected chi connectivity index (χ2v) is 7.32. The lowest BCUT2D eigenvalue weighted by Crippen LogP contribution is -2.51. The standard InChI is InChI=1S/C16H29N3O3/c1-16(2,3)22-15(21)19-9-5-6-12(11-19)14(20)18-13-7-4-8-17-10-13/h12-13,17H,4-11H2,1-3H3,(H,18,20). The molecule has 0 radical (unpaired) electrons. The van der Waals surface area contributed by atoms with E-state index in [2.05, 4.69) is 10.6 Å². The zero-order chi connectivity index (χ0) is 16.2. The van der Waals surface area contributed by atoms with Crippen LogP contribution < -0.4 is 10.6 Å². The van der Waals surface area contributed by atoms with Crippen molar-refractivity contribution in [1.82, 2.24) is 15.5 Å². The first kappa shape index (κ1) is 17.1. The van der Waals surface area contributed by atoms with Crippen LogP contribution in [0.15, 0.2) is 0 Å². The first-order chi connectivity index (χ1) is 10.3. The zero-order valence-corrected chi connectivity index (χ0v) is 14.0. The lowest BCUT2D eigenvalue weighted by atomic mass is 9.96. The summed E-state index contributed by atoms with van der Waals surface area (Å²) in [5.74, 6) is -0.0508. The van der Waals surface area contributed by atoms with Crippen LogP contribution in [-0.2, 0) is 9.53 Å². The van der Waals surface area contributed by atoms with Crippen LogP contribution in [0.3, 0.4) is 0 Å². The fourth-order valence-electron chi connectivity index (χ4n) is 2.98. The molecule has 2 fully saturated rings. The Bertz CT molecular complexity index is 400. The van der Waals surface area contributed by atoms with Gasteiger partial charge in [-0.05, 0) is 53.0 Å². The maximum absolute atomic E-state index is 12.4. The second-order valence-electron chi connectivity index (χ2n) is 7.32. The van der Waals surface area contributed by atoms with Gasteiger partial charge in [-0.2, -0.15) is 0 Å². The molecule has 6 heteroatoms. The third-order valence-corrected chi connectivity index (χ3v) is 4.09. The SMILES string of the molecule is CC(C)(C)OC(=O)N1CCCC(C(=O)NC2CCCNC2)C1. The quantitative estimate of drug-likeness (QED) is 0.811. The summed E-state index contributed by atoms with van der Waals surface area (Å²) in [6, 6.07) is 0.221. The van der Waals surface area contributed by atoms with Crippen LogP contribution in [0, 0.1) is 5.92 Å². The van der Waals surface area contributed by atoms with Crippen molar-refractivity contribution in [3.8, 4) is 0 Å². The minimum absolute atomic E-state index is 0.0713. The summed E-state index contributed by atoms with van der Waals surface area (Å²) in [5, 5.41) is 6.41. The largest absolute Gasteiger partial charge is 0.444 e. The van der Waals surface area contributed by atoms with Crippen LogP contribution in [-0.4, -0.2) is 54.7 Å². The Balaban J connectivity index is 1.84. The number of carbonyl (C=O) groups excluding carboxylic acids is 2. The molecule has 2 atom stereocenters. The number of amides is 2. The molecule has 2 N–H and O–H groups in total. The van der Waals surface area contributed by atoms with E-state index in [4.69, 9.17) is 4.74 Å². The van der Waals surface area contributed by atoms with Gasteiger partial charge in [-0.15, -0.1) is 0 Å². The third kappa shape index (κ3) is 5.16. The van der Waals surface area contributed by atoms with Gasteiger partial charge < -0.3 is 20.3 Å². The zero-order valence-electron chi connectivity index (χ0n) is 14.0. The topological polar surface area (TPSA) is 70.7 Å². The molecule has 2 saturated heterocycles. The van der Waals surface area contributed by atoms with E-state index in [1.807, 2.05) is 20.8 Å². The van der Waals surface area contributed by atoms with Crippen molar-refractivity contribution in [3.05, 3.63) is 0 Å². The van der Waals surface area contributed by atoms with E-state index < -0.39 is 5.60 Å². The minimum Gasteiger partial charge on any atom is -0.444 e. The number of hydrogen-bond acceptors (Lipinski definition) is 4. The molecular formula is C16H29N3O3. The van der Waals surface area contributed by atoms with Crippen molar-refractivity contribution >= 4 is 12.0 Å². The summed E-state index contributed by atoms with van der Waals surface area (Å²) < 4.78 is 5.40. The van der Waals surface area contributed by atoms with Gasteiger partial charge in [-0.3, -0.25) is 4.79 Å². The molecule has 0 bridgehead atoms. The predicted molar refractivity (Wildman–Crippen MR) is 84.6 cm³/mol. The van der Waals surface area contributed by atoms with Gasteiger partial charge in [-0.25, -0.2) is 4.79 Å². The van der Waals surface area contributed by atoms with Gasteiger partial charge >= 0.3 is 6.09 Å². The summed E-state index contributed by atoms with van der Waals surface area (Å²) in [6.07, 6.45) is 3.50. The van der Waals surface area contributed by atoms with Crippen LogP contribution in [0.1, 0.15) is 46.5 Å². The minimum atomic E-state index is -0.500. The van der Waals surface area contributed by atoms with Crippen LogP contribution in [0.5, 0.6) is 0 Å². The van der Waals surface area contributed by atoms with E-state index >= 15 is 0 Å². The predicted octanol–water partition coefficient (Wildman–Crippen LogP) is 1.50. The first-order valence-corrected chi connectivity index (χ1v) is 8.34. The van der Waals surface area contributed by atoms with Crippen LogP contribution in [0.2, 0.25) is 0 Å². The number of carbonyl (C=O) groups is 2. The molecule has 2 heterocycles. The molecule has 0 aromatic carbocycles. The normalized spacial score (nSPS) is 26.4. The number of ether oxygens (including phenoxy) is 1. The van der Waals surface area contributed by atoms with E-state index in [0.29, 0.717) is 13.1 Å². The molecule has 2 rings (SSSR count). The summed E-state index contributed by atoms with van der Waals surface area (Å²) in [7, 11) is 0. The van der Waals surface area contributed by atoms with Crippen LogP contribution in [0.4, 0.5) is 4.79 Å². The number of likely N-dealkylation sites (tertiary alicyclic amines) is 1. The molecule has 0 aliphatic carbocycles. The molecule has 2 amide bonds. The highest BCUT2D eigenvalue weighted by molar-refractivity contribution is 5.80. The van der Waals surface area contributed by atoms with Gasteiger partial charge in [0.15, 0.2) is 0 Å². The van der Waals surface area contributed by atoms with E-state index in [0.717, 1.165) is 38.8 Å². The lowest BCUT2D eigenvalue weighted by Gasteiger charge is -2.34. The van der Waals surface area contributed by atoms with E-state index in [9.17, 15) is 9.59 Å². The van der Waals surface area contributed by atoms with Gasteiger partial charge in [0.25, 0.3) is 0 Å². The fraction of sp³-hybridized carbons (Fsp3) is 0.875. The molecule has 2 unspecified atom stereocenters. The number of hydrogen-bond donors (Lipinski definition) is 2. The fourth-order valence-corrected chi connectivity index (χ4v) is 2.98. The van der Waals surface area contributed by atoms with E-state index in [1.165, 1.54) is 0 Å². The van der Waals surface area contributed by atoms with E-state index in [-0.39, 0.29) is 24.0 Å². The molecule has 6 nitrogen and oxygen atoms in total. The average Bonchev–Trinajstić information content (AvgIpc) is 2.46. The third-order valence-electron chi connectivity index (χ3n) is 4.09. The number of nitrogens with one attached hydrogen (secondary N) is 2. The molecule has 2 aliphatic rings. The Morgan fingerprint density at radius 3 is 2.64 bits per heavy atom. The van der Waals surface area contributed by atoms with Gasteiger partial charge in [-0.1, -0.05) is 0 Å². The highest BCUT2D eigenvalue weighted by atomic mass is 16.6. The lowest BCUT2D eigenvalue weighted by molar-refractivity contribution is -0.127. The van der Waals surface area contributed by atoms with Gasteiger partial charge in [0.1, 0.15) is 5.60 Å². The Labute approximate surface area is 132 Å².